The van der Waals surface area contributed by atoms with Crippen molar-refractivity contribution in [2.24, 2.45) is 5.73 Å². The highest BCUT2D eigenvalue weighted by atomic mass is 35.5. The summed E-state index contributed by atoms with van der Waals surface area (Å²) in [4.78, 5) is 23.3. The molecule has 0 bridgehead atoms. The molecule has 0 aliphatic heterocycles. The number of aliphatic carboxylic acids is 1. The van der Waals surface area contributed by atoms with Crippen LogP contribution in [0.15, 0.2) is 71.6 Å². The molecule has 0 spiro atoms. The first-order chi connectivity index (χ1) is 18.3. The maximum absolute atomic E-state index is 13.6. The number of nitrogens with one attached hydrogen (secondary N) is 1. The van der Waals surface area contributed by atoms with Crippen LogP contribution in [0.5, 0.6) is 0 Å². The van der Waals surface area contributed by atoms with E-state index in [9.17, 15) is 31.2 Å². The highest BCUT2D eigenvalue weighted by Crippen LogP contribution is 2.33. The molecular formula is C26H25ClF3N3O5S. The van der Waals surface area contributed by atoms with Crippen LogP contribution in [0.2, 0.25) is 5.02 Å². The summed E-state index contributed by atoms with van der Waals surface area (Å²) in [6.45, 7) is -0.860. The van der Waals surface area contributed by atoms with Crippen molar-refractivity contribution in [1.29, 1.82) is 0 Å². The number of halogens is 4. The predicted octanol–water partition coefficient (Wildman–Crippen LogP) is 4.35. The number of benzene rings is 3. The molecule has 3 rings (SSSR count). The maximum Gasteiger partial charge on any atom is 0.416 e. The normalized spacial score (nSPS) is 11.7. The Morgan fingerprint density at radius 3 is 2.26 bits per heavy atom. The molecule has 3 aromatic rings. The van der Waals surface area contributed by atoms with E-state index in [2.05, 4.69) is 5.32 Å². The third kappa shape index (κ3) is 7.71. The van der Waals surface area contributed by atoms with Crippen molar-refractivity contribution < 1.29 is 36.3 Å². The number of nitrogens with zero attached hydrogens (tertiary/aromatic N) is 1. The van der Waals surface area contributed by atoms with Gasteiger partial charge in [-0.15, -0.1) is 0 Å². The minimum atomic E-state index is -4.66. The van der Waals surface area contributed by atoms with E-state index in [1.54, 1.807) is 24.3 Å². The van der Waals surface area contributed by atoms with E-state index in [1.807, 2.05) is 0 Å². The third-order valence-electron chi connectivity index (χ3n) is 5.73. The van der Waals surface area contributed by atoms with Crippen molar-refractivity contribution in [2.75, 3.05) is 10.8 Å². The number of carbonyl (C=O) groups is 2. The smallest absolute Gasteiger partial charge is 0.416 e. The number of carbonyl (C=O) groups excluding carboxylic acids is 1. The summed E-state index contributed by atoms with van der Waals surface area (Å²) in [7, 11) is -4.53. The number of rotatable bonds is 11. The fraction of sp³-hybridized carbons (Fsp3) is 0.231. The van der Waals surface area contributed by atoms with Gasteiger partial charge >= 0.3 is 12.1 Å². The predicted molar refractivity (Wildman–Crippen MR) is 140 cm³/mol. The molecule has 0 saturated carbocycles. The standard InChI is InChI=1S/C26H25ClF3N3O5S/c27-22-5-2-6-23(21(22)14-31)33(39(37,38)20-10-8-19(9-11-20)26(28,29)30)16-24(34)32-15-18-4-1-3-17(13-18)7-12-25(35)36/h1-6,8-11,13H,7,12,14-16,31H2,(H,32,34)(H,35,36). The van der Waals surface area contributed by atoms with E-state index in [0.717, 1.165) is 22.0 Å². The molecule has 4 N–H and O–H groups in total. The van der Waals surface area contributed by atoms with E-state index in [1.165, 1.54) is 18.2 Å². The Kier molecular flexibility index (Phi) is 9.59. The number of anilines is 1. The molecule has 208 valence electrons. The van der Waals surface area contributed by atoms with Crippen LogP contribution < -0.4 is 15.4 Å². The summed E-state index contributed by atoms with van der Waals surface area (Å²) in [5.41, 5.74) is 6.42. The molecule has 0 aliphatic carbocycles. The summed E-state index contributed by atoms with van der Waals surface area (Å²) < 4.78 is 67.0. The molecule has 1 amide bonds. The van der Waals surface area contributed by atoms with Gasteiger partial charge in [0.2, 0.25) is 5.91 Å². The fourth-order valence-corrected chi connectivity index (χ4v) is 5.46. The van der Waals surface area contributed by atoms with Gasteiger partial charge in [0.25, 0.3) is 10.0 Å². The average Bonchev–Trinajstić information content (AvgIpc) is 2.89. The number of hydrogen-bond acceptors (Lipinski definition) is 5. The van der Waals surface area contributed by atoms with Gasteiger partial charge in [-0.05, 0) is 53.9 Å². The van der Waals surface area contributed by atoms with Crippen molar-refractivity contribution in [3.63, 3.8) is 0 Å². The quantitative estimate of drug-likeness (QED) is 0.308. The SMILES string of the molecule is NCc1c(Cl)cccc1N(CC(=O)NCc1cccc(CCC(=O)O)c1)S(=O)(=O)c1ccc(C(F)(F)F)cc1. The van der Waals surface area contributed by atoms with Crippen LogP contribution in [-0.4, -0.2) is 31.9 Å². The number of sulfonamides is 1. The Morgan fingerprint density at radius 2 is 1.64 bits per heavy atom. The monoisotopic (exact) mass is 583 g/mol. The van der Waals surface area contributed by atoms with Crippen LogP contribution in [0.1, 0.15) is 28.7 Å². The summed E-state index contributed by atoms with van der Waals surface area (Å²) in [5, 5.41) is 11.6. The fourth-order valence-electron chi connectivity index (χ4n) is 3.76. The van der Waals surface area contributed by atoms with Gasteiger partial charge in [-0.1, -0.05) is 41.9 Å². The lowest BCUT2D eigenvalue weighted by Gasteiger charge is -2.26. The van der Waals surface area contributed by atoms with Crippen LogP contribution in [0.3, 0.4) is 0 Å². The van der Waals surface area contributed by atoms with E-state index >= 15 is 0 Å². The van der Waals surface area contributed by atoms with Gasteiger partial charge in [-0.2, -0.15) is 13.2 Å². The van der Waals surface area contributed by atoms with E-state index in [0.29, 0.717) is 24.1 Å². The zero-order chi connectivity index (χ0) is 28.8. The van der Waals surface area contributed by atoms with Crippen LogP contribution in [0.4, 0.5) is 18.9 Å². The van der Waals surface area contributed by atoms with Crippen molar-refractivity contribution in [3.05, 3.63) is 94.0 Å². The zero-order valence-corrected chi connectivity index (χ0v) is 22.0. The molecule has 0 heterocycles. The highest BCUT2D eigenvalue weighted by Gasteiger charge is 2.33. The molecule has 13 heteroatoms. The Morgan fingerprint density at radius 1 is 1.00 bits per heavy atom. The molecule has 0 unspecified atom stereocenters. The lowest BCUT2D eigenvalue weighted by atomic mass is 10.1. The number of hydrogen-bond donors (Lipinski definition) is 3. The summed E-state index contributed by atoms with van der Waals surface area (Å²) in [6, 6.07) is 14.2. The Hall–Kier alpha value is -3.61. The summed E-state index contributed by atoms with van der Waals surface area (Å²) in [6.07, 6.45) is -4.42. The average molecular weight is 584 g/mol. The van der Waals surface area contributed by atoms with E-state index < -0.39 is 45.1 Å². The van der Waals surface area contributed by atoms with Crippen molar-refractivity contribution in [2.45, 2.75) is 37.0 Å². The largest absolute Gasteiger partial charge is 0.481 e. The van der Waals surface area contributed by atoms with E-state index in [4.69, 9.17) is 22.4 Å². The van der Waals surface area contributed by atoms with Gasteiger partial charge in [0, 0.05) is 30.1 Å². The number of nitrogens with two attached hydrogens (primary N) is 1. The topological polar surface area (TPSA) is 130 Å². The zero-order valence-electron chi connectivity index (χ0n) is 20.4. The Balaban J connectivity index is 1.89. The number of aryl methyl sites for hydroxylation is 1. The van der Waals surface area contributed by atoms with Crippen molar-refractivity contribution in [1.82, 2.24) is 5.32 Å². The summed E-state index contributed by atoms with van der Waals surface area (Å²) in [5.74, 6) is -1.65. The van der Waals surface area contributed by atoms with Gasteiger partial charge in [0.1, 0.15) is 6.54 Å². The number of carboxylic acids is 1. The van der Waals surface area contributed by atoms with Crippen LogP contribution >= 0.6 is 11.6 Å². The number of amides is 1. The van der Waals surface area contributed by atoms with Gasteiger partial charge < -0.3 is 16.2 Å². The molecule has 8 nitrogen and oxygen atoms in total. The first kappa shape index (κ1) is 29.9. The number of alkyl halides is 3. The van der Waals surface area contributed by atoms with Crippen molar-refractivity contribution in [3.8, 4) is 0 Å². The molecule has 39 heavy (non-hydrogen) atoms. The molecule has 0 saturated heterocycles. The third-order valence-corrected chi connectivity index (χ3v) is 7.86. The minimum Gasteiger partial charge on any atom is -0.481 e. The molecular weight excluding hydrogens is 559 g/mol. The van der Waals surface area contributed by atoms with Gasteiger partial charge in [-0.25, -0.2) is 8.42 Å². The summed E-state index contributed by atoms with van der Waals surface area (Å²) >= 11 is 6.21. The van der Waals surface area contributed by atoms with Crippen molar-refractivity contribution >= 4 is 39.2 Å². The lowest BCUT2D eigenvalue weighted by molar-refractivity contribution is -0.138. The van der Waals surface area contributed by atoms with Gasteiger partial charge in [0.15, 0.2) is 0 Å². The second kappa shape index (κ2) is 12.5. The molecule has 0 fully saturated rings. The number of carboxylic acid groups (broad SMARTS) is 1. The van der Waals surface area contributed by atoms with Crippen LogP contribution in [0.25, 0.3) is 0 Å². The van der Waals surface area contributed by atoms with Gasteiger partial charge in [0.05, 0.1) is 16.1 Å². The van der Waals surface area contributed by atoms with Crippen LogP contribution in [-0.2, 0) is 45.3 Å². The van der Waals surface area contributed by atoms with Gasteiger partial charge in [-0.3, -0.25) is 13.9 Å². The maximum atomic E-state index is 13.6. The minimum absolute atomic E-state index is 0.00992. The highest BCUT2D eigenvalue weighted by molar-refractivity contribution is 7.92. The lowest BCUT2D eigenvalue weighted by Crippen LogP contribution is -2.41. The first-order valence-electron chi connectivity index (χ1n) is 11.6. The van der Waals surface area contributed by atoms with E-state index in [-0.39, 0.29) is 35.8 Å². The first-order valence-corrected chi connectivity index (χ1v) is 13.4. The Bertz CT molecular complexity index is 1450. The molecule has 0 aromatic heterocycles. The molecule has 3 aromatic carbocycles. The second-order valence-corrected chi connectivity index (χ2v) is 10.7. The molecule has 0 radical (unpaired) electrons. The molecule has 0 atom stereocenters. The van der Waals surface area contributed by atoms with Crippen LogP contribution in [0, 0.1) is 0 Å². The second-order valence-electron chi connectivity index (χ2n) is 8.47. The molecule has 0 aliphatic rings. The Labute approximate surface area is 228 Å².